The van der Waals surface area contributed by atoms with E-state index in [1.165, 1.54) is 12.8 Å². The van der Waals surface area contributed by atoms with Crippen molar-refractivity contribution in [3.8, 4) is 0 Å². The first kappa shape index (κ1) is 6.85. The summed E-state index contributed by atoms with van der Waals surface area (Å²) in [7, 11) is 0. The van der Waals surface area contributed by atoms with Crippen LogP contribution in [0.1, 0.15) is 33.6 Å². The second kappa shape index (κ2) is 2.17. The Bertz CT molecular complexity index is 124. The van der Waals surface area contributed by atoms with Crippen molar-refractivity contribution in [1.82, 2.24) is 0 Å². The summed E-state index contributed by atoms with van der Waals surface area (Å²) in [5.74, 6) is 0.815. The van der Waals surface area contributed by atoms with Gasteiger partial charge in [0.2, 0.25) is 0 Å². The predicted molar refractivity (Wildman–Crippen MR) is 41.3 cm³/mol. The molecule has 0 spiro atoms. The molecule has 52 valence electrons. The smallest absolute Gasteiger partial charge is 0.0144 e. The van der Waals surface area contributed by atoms with Gasteiger partial charge in [0.05, 0.1) is 0 Å². The minimum absolute atomic E-state index is 0.527. The van der Waals surface area contributed by atoms with Crippen LogP contribution in [0.4, 0.5) is 0 Å². The van der Waals surface area contributed by atoms with Crippen molar-refractivity contribution in [2.75, 3.05) is 0 Å². The lowest BCUT2D eigenvalue weighted by atomic mass is 9.85. The average Bonchev–Trinajstić information content (AvgIpc) is 2.13. The fourth-order valence-corrected chi connectivity index (χ4v) is 1.53. The van der Waals surface area contributed by atoms with Crippen LogP contribution in [-0.4, -0.2) is 0 Å². The molecule has 0 aromatic rings. The largest absolute Gasteiger partial charge is 0.0851 e. The Hall–Kier alpha value is -0.260. The summed E-state index contributed by atoms with van der Waals surface area (Å²) in [6, 6.07) is 0. The third-order valence-electron chi connectivity index (χ3n) is 2.42. The zero-order valence-electron chi connectivity index (χ0n) is 6.65. The van der Waals surface area contributed by atoms with Crippen molar-refractivity contribution in [2.45, 2.75) is 33.6 Å². The van der Waals surface area contributed by atoms with Crippen molar-refractivity contribution >= 4 is 0 Å². The van der Waals surface area contributed by atoms with Crippen LogP contribution >= 0.6 is 0 Å². The molecular weight excluding hydrogens is 108 g/mol. The number of allylic oxidation sites excluding steroid dienone is 2. The molecule has 0 N–H and O–H groups in total. The van der Waals surface area contributed by atoms with Gasteiger partial charge in [0.1, 0.15) is 0 Å². The Morgan fingerprint density at radius 1 is 1.67 bits per heavy atom. The van der Waals surface area contributed by atoms with Crippen LogP contribution in [0.5, 0.6) is 0 Å². The number of hydrogen-bond acceptors (Lipinski definition) is 0. The minimum atomic E-state index is 0.527. The maximum absolute atomic E-state index is 2.37. The molecule has 0 fully saturated rings. The van der Waals surface area contributed by atoms with Gasteiger partial charge in [-0.1, -0.05) is 32.9 Å². The van der Waals surface area contributed by atoms with E-state index in [0.717, 1.165) is 5.92 Å². The zero-order chi connectivity index (χ0) is 6.91. The quantitative estimate of drug-likeness (QED) is 0.471. The van der Waals surface area contributed by atoms with Crippen LogP contribution < -0.4 is 0 Å². The average molecular weight is 124 g/mol. The van der Waals surface area contributed by atoms with Crippen LogP contribution in [0.15, 0.2) is 12.2 Å². The molecule has 0 aromatic carbocycles. The summed E-state index contributed by atoms with van der Waals surface area (Å²) in [5.41, 5.74) is 0.527. The lowest BCUT2D eigenvalue weighted by Gasteiger charge is -2.19. The highest BCUT2D eigenvalue weighted by Crippen LogP contribution is 2.37. The van der Waals surface area contributed by atoms with Crippen molar-refractivity contribution in [2.24, 2.45) is 11.3 Å². The van der Waals surface area contributed by atoms with Gasteiger partial charge in [-0.05, 0) is 24.2 Å². The second-order valence-electron chi connectivity index (χ2n) is 3.55. The molecule has 0 aliphatic heterocycles. The highest BCUT2D eigenvalue weighted by Gasteiger charge is 2.25. The van der Waals surface area contributed by atoms with Crippen LogP contribution in [-0.2, 0) is 0 Å². The molecule has 9 heavy (non-hydrogen) atoms. The fraction of sp³-hybridized carbons (Fsp3) is 0.778. The highest BCUT2D eigenvalue weighted by molar-refractivity contribution is 5.06. The molecule has 1 aliphatic carbocycles. The first-order valence-electron chi connectivity index (χ1n) is 3.86. The molecule has 0 radical (unpaired) electrons. The van der Waals surface area contributed by atoms with Crippen molar-refractivity contribution in [3.63, 3.8) is 0 Å². The Kier molecular flexibility index (Phi) is 1.65. The van der Waals surface area contributed by atoms with Gasteiger partial charge in [-0.3, -0.25) is 0 Å². The molecule has 0 heteroatoms. The summed E-state index contributed by atoms with van der Waals surface area (Å²) >= 11 is 0. The molecule has 0 aromatic heterocycles. The second-order valence-corrected chi connectivity index (χ2v) is 3.55. The van der Waals surface area contributed by atoms with Gasteiger partial charge in [-0.25, -0.2) is 0 Å². The monoisotopic (exact) mass is 124 g/mol. The molecule has 1 rings (SSSR count). The van der Waals surface area contributed by atoms with Crippen LogP contribution in [0.2, 0.25) is 0 Å². The van der Waals surface area contributed by atoms with Gasteiger partial charge in [0.25, 0.3) is 0 Å². The summed E-state index contributed by atoms with van der Waals surface area (Å²) in [6.45, 7) is 6.90. The van der Waals surface area contributed by atoms with E-state index in [-0.39, 0.29) is 0 Å². The van der Waals surface area contributed by atoms with Crippen LogP contribution in [0, 0.1) is 11.3 Å². The zero-order valence-corrected chi connectivity index (χ0v) is 6.65. The Morgan fingerprint density at radius 3 is 2.56 bits per heavy atom. The van der Waals surface area contributed by atoms with E-state index >= 15 is 0 Å². The Balaban J connectivity index is 2.57. The number of hydrogen-bond donors (Lipinski definition) is 0. The molecule has 0 saturated carbocycles. The molecule has 1 aliphatic rings. The Labute approximate surface area is 58.0 Å². The predicted octanol–water partition coefficient (Wildman–Crippen LogP) is 3.00. The van der Waals surface area contributed by atoms with E-state index in [1.54, 1.807) is 0 Å². The van der Waals surface area contributed by atoms with E-state index in [9.17, 15) is 0 Å². The van der Waals surface area contributed by atoms with Crippen molar-refractivity contribution in [1.29, 1.82) is 0 Å². The summed E-state index contributed by atoms with van der Waals surface area (Å²) in [6.07, 6.45) is 7.35. The lowest BCUT2D eigenvalue weighted by molar-refractivity contribution is 0.369. The highest BCUT2D eigenvalue weighted by atomic mass is 14.3. The Morgan fingerprint density at radius 2 is 2.33 bits per heavy atom. The first-order valence-corrected chi connectivity index (χ1v) is 3.86. The maximum atomic E-state index is 2.37. The molecule has 0 nitrogen and oxygen atoms in total. The van der Waals surface area contributed by atoms with Crippen molar-refractivity contribution < 1.29 is 0 Å². The minimum Gasteiger partial charge on any atom is -0.0851 e. The number of rotatable bonds is 1. The third-order valence-corrected chi connectivity index (χ3v) is 2.42. The maximum Gasteiger partial charge on any atom is -0.0144 e. The van der Waals surface area contributed by atoms with Crippen molar-refractivity contribution in [3.05, 3.63) is 12.2 Å². The van der Waals surface area contributed by atoms with Gasteiger partial charge in [-0.15, -0.1) is 0 Å². The van der Waals surface area contributed by atoms with Gasteiger partial charge < -0.3 is 0 Å². The van der Waals surface area contributed by atoms with E-state index in [4.69, 9.17) is 0 Å². The van der Waals surface area contributed by atoms with Gasteiger partial charge in [0, 0.05) is 0 Å². The molecule has 0 amide bonds. The molecule has 2 unspecified atom stereocenters. The molecule has 0 bridgehead atoms. The summed E-state index contributed by atoms with van der Waals surface area (Å²) in [4.78, 5) is 0. The van der Waals surface area contributed by atoms with E-state index in [2.05, 4.69) is 32.9 Å². The SMILES string of the molecule is CCC1(C)C=CC(C)C1. The van der Waals surface area contributed by atoms with Gasteiger partial charge in [0.15, 0.2) is 0 Å². The van der Waals surface area contributed by atoms with E-state index in [0.29, 0.717) is 5.41 Å². The standard InChI is InChI=1S/C9H16/c1-4-9(3)6-5-8(2)7-9/h5-6,8H,4,7H2,1-3H3. The van der Waals surface area contributed by atoms with E-state index in [1.807, 2.05) is 0 Å². The van der Waals surface area contributed by atoms with Crippen LogP contribution in [0.25, 0.3) is 0 Å². The summed E-state index contributed by atoms with van der Waals surface area (Å²) < 4.78 is 0. The molecular formula is C9H16. The first-order chi connectivity index (χ1) is 4.16. The fourth-order valence-electron chi connectivity index (χ4n) is 1.53. The van der Waals surface area contributed by atoms with Crippen LogP contribution in [0.3, 0.4) is 0 Å². The van der Waals surface area contributed by atoms with Gasteiger partial charge in [-0.2, -0.15) is 0 Å². The normalized spacial score (nSPS) is 41.9. The molecule has 0 heterocycles. The third kappa shape index (κ3) is 1.35. The lowest BCUT2D eigenvalue weighted by Crippen LogP contribution is -2.08. The van der Waals surface area contributed by atoms with Gasteiger partial charge >= 0.3 is 0 Å². The van der Waals surface area contributed by atoms with E-state index < -0.39 is 0 Å². The molecule has 2 atom stereocenters. The summed E-state index contributed by atoms with van der Waals surface area (Å²) in [5, 5.41) is 0. The molecule has 0 saturated heterocycles. The topological polar surface area (TPSA) is 0 Å².